The lowest BCUT2D eigenvalue weighted by Gasteiger charge is -2.10. The largest absolute Gasteiger partial charge is 0.449 e. The van der Waals surface area contributed by atoms with Crippen molar-refractivity contribution < 1.29 is 18.9 Å². The van der Waals surface area contributed by atoms with Gasteiger partial charge in [-0.05, 0) is 37.4 Å². The van der Waals surface area contributed by atoms with Crippen molar-refractivity contribution in [3.8, 4) is 11.5 Å². The number of rotatable bonds is 6. The van der Waals surface area contributed by atoms with Gasteiger partial charge in [0.2, 0.25) is 5.89 Å². The molecule has 1 atom stereocenters. The number of ether oxygens (including phenoxy) is 1. The second-order valence-corrected chi connectivity index (χ2v) is 6.15. The van der Waals surface area contributed by atoms with Gasteiger partial charge in [-0.25, -0.2) is 9.78 Å². The predicted octanol–water partition coefficient (Wildman–Crippen LogP) is 3.68. The van der Waals surface area contributed by atoms with Gasteiger partial charge in [-0.2, -0.15) is 0 Å². The fourth-order valence-corrected chi connectivity index (χ4v) is 2.76. The highest BCUT2D eigenvalue weighted by molar-refractivity contribution is 7.98. The van der Waals surface area contributed by atoms with Gasteiger partial charge in [-0.15, -0.1) is 22.0 Å². The fourth-order valence-electron chi connectivity index (χ4n) is 2.22. The van der Waals surface area contributed by atoms with Crippen LogP contribution in [0, 0.1) is 10.1 Å². The van der Waals surface area contributed by atoms with E-state index in [4.69, 9.17) is 9.15 Å². The smallest absolute Gasteiger partial charge is 0.341 e. The molecule has 0 bridgehead atoms. The summed E-state index contributed by atoms with van der Waals surface area (Å²) in [5.41, 5.74) is 0.837. The number of carbonyl (C=O) groups is 1. The lowest BCUT2D eigenvalue weighted by Crippen LogP contribution is -2.11. The molecular formula is C17H14N4O5S. The van der Waals surface area contributed by atoms with E-state index in [1.165, 1.54) is 36.0 Å². The first-order valence-corrected chi connectivity index (χ1v) is 9.00. The average molecular weight is 386 g/mol. The van der Waals surface area contributed by atoms with E-state index in [9.17, 15) is 14.9 Å². The molecule has 0 N–H and O–H groups in total. The Bertz CT molecular complexity index is 973. The number of nitrogens with zero attached hydrogens (tertiary/aromatic N) is 4. The predicted molar refractivity (Wildman–Crippen MR) is 96.2 cm³/mol. The standard InChI is InChI=1S/C17H14N4O5S/c1-10(25-17(22)13-4-3-9-18-16(13)27-2)14-19-20-15(26-14)11-5-7-12(8-6-11)21(23)24/h3-10H,1-2H3/t10-/m0/s1. The molecule has 0 aliphatic carbocycles. The van der Waals surface area contributed by atoms with Gasteiger partial charge in [0.1, 0.15) is 5.03 Å². The van der Waals surface area contributed by atoms with E-state index in [0.717, 1.165) is 0 Å². The number of esters is 1. The summed E-state index contributed by atoms with van der Waals surface area (Å²) in [6, 6.07) is 8.98. The van der Waals surface area contributed by atoms with Gasteiger partial charge in [0, 0.05) is 23.9 Å². The molecule has 1 aromatic carbocycles. The van der Waals surface area contributed by atoms with Gasteiger partial charge >= 0.3 is 5.97 Å². The molecule has 138 valence electrons. The number of benzene rings is 1. The molecule has 0 fully saturated rings. The van der Waals surface area contributed by atoms with Gasteiger partial charge in [-0.1, -0.05) is 0 Å². The zero-order chi connectivity index (χ0) is 19.4. The molecule has 2 aromatic heterocycles. The van der Waals surface area contributed by atoms with Crippen molar-refractivity contribution in [2.24, 2.45) is 0 Å². The highest BCUT2D eigenvalue weighted by atomic mass is 32.2. The quantitative estimate of drug-likeness (QED) is 0.270. The molecule has 0 saturated carbocycles. The van der Waals surface area contributed by atoms with Crippen molar-refractivity contribution in [1.29, 1.82) is 0 Å². The Labute approximate surface area is 157 Å². The third-order valence-electron chi connectivity index (χ3n) is 3.58. The maximum atomic E-state index is 12.4. The van der Waals surface area contributed by atoms with E-state index in [2.05, 4.69) is 15.2 Å². The molecule has 3 rings (SSSR count). The first-order chi connectivity index (χ1) is 13.0. The molecule has 9 nitrogen and oxygen atoms in total. The number of hydrogen-bond donors (Lipinski definition) is 0. The molecule has 0 unspecified atom stereocenters. The normalized spacial score (nSPS) is 11.8. The number of hydrogen-bond acceptors (Lipinski definition) is 9. The van der Waals surface area contributed by atoms with E-state index in [0.29, 0.717) is 16.2 Å². The monoisotopic (exact) mass is 386 g/mol. The molecule has 0 spiro atoms. The molecule has 10 heteroatoms. The fraction of sp³-hybridized carbons (Fsp3) is 0.176. The molecule has 3 aromatic rings. The number of nitro benzene ring substituents is 1. The lowest BCUT2D eigenvalue weighted by molar-refractivity contribution is -0.384. The van der Waals surface area contributed by atoms with Crippen molar-refractivity contribution >= 4 is 23.4 Å². The minimum absolute atomic E-state index is 0.0399. The maximum absolute atomic E-state index is 12.4. The van der Waals surface area contributed by atoms with Crippen LogP contribution < -0.4 is 0 Å². The highest BCUT2D eigenvalue weighted by Gasteiger charge is 2.22. The summed E-state index contributed by atoms with van der Waals surface area (Å²) in [5, 5.41) is 19.1. The van der Waals surface area contributed by atoms with Crippen LogP contribution in [0.2, 0.25) is 0 Å². The first kappa shape index (κ1) is 18.5. The number of aromatic nitrogens is 3. The highest BCUT2D eigenvalue weighted by Crippen LogP contribution is 2.26. The van der Waals surface area contributed by atoms with Gasteiger partial charge in [-0.3, -0.25) is 10.1 Å². The Morgan fingerprint density at radius 3 is 2.67 bits per heavy atom. The van der Waals surface area contributed by atoms with E-state index >= 15 is 0 Å². The number of non-ortho nitro benzene ring substituents is 1. The van der Waals surface area contributed by atoms with Crippen LogP contribution in [0.3, 0.4) is 0 Å². The van der Waals surface area contributed by atoms with Gasteiger partial charge in [0.15, 0.2) is 6.10 Å². The Morgan fingerprint density at radius 1 is 1.26 bits per heavy atom. The molecular weight excluding hydrogens is 372 g/mol. The maximum Gasteiger partial charge on any atom is 0.341 e. The summed E-state index contributed by atoms with van der Waals surface area (Å²) >= 11 is 1.34. The zero-order valence-electron chi connectivity index (χ0n) is 14.4. The van der Waals surface area contributed by atoms with Crippen LogP contribution in [-0.2, 0) is 4.74 Å². The van der Waals surface area contributed by atoms with Crippen LogP contribution in [-0.4, -0.2) is 32.3 Å². The molecule has 0 aliphatic rings. The topological polar surface area (TPSA) is 121 Å². The van der Waals surface area contributed by atoms with Crippen LogP contribution in [0.25, 0.3) is 11.5 Å². The van der Waals surface area contributed by atoms with Crippen molar-refractivity contribution in [3.05, 3.63) is 64.2 Å². The summed E-state index contributed by atoms with van der Waals surface area (Å²) in [6.45, 7) is 1.61. The Hall–Kier alpha value is -3.27. The molecule has 0 amide bonds. The van der Waals surface area contributed by atoms with Crippen LogP contribution in [0.1, 0.15) is 29.3 Å². The summed E-state index contributed by atoms with van der Waals surface area (Å²) in [4.78, 5) is 26.7. The SMILES string of the molecule is CSc1ncccc1C(=O)O[C@@H](C)c1nnc(-c2ccc([N+](=O)[O-])cc2)o1. The average Bonchev–Trinajstić information content (AvgIpc) is 3.18. The van der Waals surface area contributed by atoms with Crippen molar-refractivity contribution in [1.82, 2.24) is 15.2 Å². The molecule has 2 heterocycles. The summed E-state index contributed by atoms with van der Waals surface area (Å²) in [5.74, 6) is -0.254. The van der Waals surface area contributed by atoms with E-state index < -0.39 is 17.0 Å². The van der Waals surface area contributed by atoms with Gasteiger partial charge in [0.05, 0.1) is 10.5 Å². The molecule has 0 aliphatic heterocycles. The van der Waals surface area contributed by atoms with Crippen LogP contribution >= 0.6 is 11.8 Å². The molecule has 0 radical (unpaired) electrons. The van der Waals surface area contributed by atoms with E-state index in [-0.39, 0.29) is 17.5 Å². The Kier molecular flexibility index (Phi) is 5.46. The van der Waals surface area contributed by atoms with Gasteiger partial charge in [0.25, 0.3) is 11.6 Å². The minimum Gasteiger partial charge on any atom is -0.449 e. The first-order valence-electron chi connectivity index (χ1n) is 7.78. The number of thioether (sulfide) groups is 1. The summed E-state index contributed by atoms with van der Waals surface area (Å²) in [7, 11) is 0. The minimum atomic E-state index is -0.772. The Balaban J connectivity index is 1.74. The van der Waals surface area contributed by atoms with Crippen LogP contribution in [0.5, 0.6) is 0 Å². The number of carbonyl (C=O) groups excluding carboxylic acids is 1. The second-order valence-electron chi connectivity index (χ2n) is 5.36. The number of pyridine rings is 1. The summed E-state index contributed by atoms with van der Waals surface area (Å²) < 4.78 is 10.9. The van der Waals surface area contributed by atoms with E-state index in [1.807, 2.05) is 6.26 Å². The van der Waals surface area contributed by atoms with Gasteiger partial charge < -0.3 is 9.15 Å². The van der Waals surface area contributed by atoms with Crippen molar-refractivity contribution in [3.63, 3.8) is 0 Å². The molecule has 27 heavy (non-hydrogen) atoms. The van der Waals surface area contributed by atoms with Crippen LogP contribution in [0.15, 0.2) is 52.0 Å². The van der Waals surface area contributed by atoms with Crippen molar-refractivity contribution in [2.45, 2.75) is 18.1 Å². The lowest BCUT2D eigenvalue weighted by atomic mass is 10.2. The summed E-state index contributed by atoms with van der Waals surface area (Å²) in [6.07, 6.45) is 2.64. The second kappa shape index (κ2) is 7.96. The number of nitro groups is 1. The Morgan fingerprint density at radius 2 is 2.00 bits per heavy atom. The zero-order valence-corrected chi connectivity index (χ0v) is 15.2. The third kappa shape index (κ3) is 4.11. The van der Waals surface area contributed by atoms with Crippen LogP contribution in [0.4, 0.5) is 5.69 Å². The van der Waals surface area contributed by atoms with E-state index in [1.54, 1.807) is 25.3 Å². The molecule has 0 saturated heterocycles. The van der Waals surface area contributed by atoms with Crippen molar-refractivity contribution in [2.75, 3.05) is 6.26 Å². The third-order valence-corrected chi connectivity index (χ3v) is 4.29.